The molecule has 1 amide bonds. The van der Waals surface area contributed by atoms with Crippen molar-refractivity contribution in [1.29, 1.82) is 0 Å². The molecule has 0 aliphatic carbocycles. The topological polar surface area (TPSA) is 55.1 Å². The van der Waals surface area contributed by atoms with Gasteiger partial charge in [0.2, 0.25) is 5.91 Å². The van der Waals surface area contributed by atoms with E-state index in [0.717, 1.165) is 11.3 Å². The lowest BCUT2D eigenvalue weighted by Gasteiger charge is -2.14. The summed E-state index contributed by atoms with van der Waals surface area (Å²) in [6, 6.07) is 13.6. The van der Waals surface area contributed by atoms with Gasteiger partial charge in [0.1, 0.15) is 6.04 Å². The van der Waals surface area contributed by atoms with Gasteiger partial charge in [-0.05, 0) is 29.3 Å². The van der Waals surface area contributed by atoms with Gasteiger partial charge in [-0.3, -0.25) is 4.79 Å². The smallest absolute Gasteiger partial charge is 0.242 e. The molecule has 1 aromatic carbocycles. The molecule has 0 fully saturated rings. The lowest BCUT2D eigenvalue weighted by atomic mass is 9.98. The van der Waals surface area contributed by atoms with Crippen LogP contribution in [0.3, 0.4) is 0 Å². The molecule has 4 heteroatoms. The van der Waals surface area contributed by atoms with Crippen molar-refractivity contribution < 1.29 is 4.79 Å². The van der Waals surface area contributed by atoms with Crippen LogP contribution in [-0.2, 0) is 4.79 Å². The number of nitrogens with two attached hydrogens (primary N) is 1. The first-order valence-corrected chi connectivity index (χ1v) is 7.68. The van der Waals surface area contributed by atoms with Crippen molar-refractivity contribution in [2.75, 3.05) is 6.54 Å². The van der Waals surface area contributed by atoms with Crippen molar-refractivity contribution in [3.05, 3.63) is 58.3 Å². The molecule has 3 nitrogen and oxygen atoms in total. The summed E-state index contributed by atoms with van der Waals surface area (Å²) in [5.41, 5.74) is 7.20. The van der Waals surface area contributed by atoms with Crippen molar-refractivity contribution in [3.63, 3.8) is 0 Å². The van der Waals surface area contributed by atoms with Crippen LogP contribution in [-0.4, -0.2) is 12.5 Å². The van der Waals surface area contributed by atoms with Gasteiger partial charge in [-0.25, -0.2) is 0 Å². The molecular weight excluding hydrogens is 268 g/mol. The molecule has 2 aromatic rings. The summed E-state index contributed by atoms with van der Waals surface area (Å²) in [6.07, 6.45) is 0.910. The fourth-order valence-corrected chi connectivity index (χ4v) is 2.79. The van der Waals surface area contributed by atoms with Gasteiger partial charge < -0.3 is 11.1 Å². The molecule has 2 unspecified atom stereocenters. The van der Waals surface area contributed by atoms with E-state index in [-0.39, 0.29) is 5.91 Å². The first kappa shape index (κ1) is 14.8. The van der Waals surface area contributed by atoms with E-state index in [0.29, 0.717) is 12.5 Å². The maximum atomic E-state index is 11.9. The minimum Gasteiger partial charge on any atom is -0.354 e. The van der Waals surface area contributed by atoms with Crippen molar-refractivity contribution in [1.82, 2.24) is 5.32 Å². The molecule has 0 aliphatic rings. The maximum absolute atomic E-state index is 11.9. The molecule has 1 heterocycles. The summed E-state index contributed by atoms with van der Waals surface area (Å²) in [5.74, 6) is 0.321. The van der Waals surface area contributed by atoms with Gasteiger partial charge in [0.05, 0.1) is 0 Å². The molecule has 2 atom stereocenters. The Morgan fingerprint density at radius 3 is 2.65 bits per heavy atom. The average molecular weight is 288 g/mol. The Balaban J connectivity index is 1.77. The molecule has 0 radical (unpaired) electrons. The van der Waals surface area contributed by atoms with E-state index in [4.69, 9.17) is 5.73 Å². The zero-order valence-electron chi connectivity index (χ0n) is 11.6. The monoisotopic (exact) mass is 288 g/mol. The predicted molar refractivity (Wildman–Crippen MR) is 83.7 cm³/mol. The SMILES string of the molecule is CC(CCNC(=O)C(N)c1cccs1)c1ccccc1. The second-order valence-electron chi connectivity index (χ2n) is 4.88. The highest BCUT2D eigenvalue weighted by molar-refractivity contribution is 7.10. The number of nitrogens with one attached hydrogen (secondary N) is 1. The fourth-order valence-electron chi connectivity index (χ4n) is 2.07. The van der Waals surface area contributed by atoms with Crippen LogP contribution in [0.25, 0.3) is 0 Å². The average Bonchev–Trinajstić information content (AvgIpc) is 3.01. The Hall–Kier alpha value is -1.65. The van der Waals surface area contributed by atoms with Crippen LogP contribution >= 0.6 is 11.3 Å². The van der Waals surface area contributed by atoms with Crippen molar-refractivity contribution >= 4 is 17.2 Å². The second kappa shape index (κ2) is 7.22. The minimum atomic E-state index is -0.554. The van der Waals surface area contributed by atoms with Crippen LogP contribution < -0.4 is 11.1 Å². The molecule has 0 aliphatic heterocycles. The summed E-state index contributed by atoms with van der Waals surface area (Å²) < 4.78 is 0. The third-order valence-electron chi connectivity index (χ3n) is 3.38. The van der Waals surface area contributed by atoms with Gasteiger partial charge >= 0.3 is 0 Å². The largest absolute Gasteiger partial charge is 0.354 e. The Morgan fingerprint density at radius 1 is 1.25 bits per heavy atom. The van der Waals surface area contributed by atoms with E-state index in [9.17, 15) is 4.79 Å². The molecule has 0 saturated heterocycles. The summed E-state index contributed by atoms with van der Waals surface area (Å²) in [4.78, 5) is 12.8. The Kier molecular flexibility index (Phi) is 5.32. The van der Waals surface area contributed by atoms with Gasteiger partial charge in [0, 0.05) is 11.4 Å². The second-order valence-corrected chi connectivity index (χ2v) is 5.86. The highest BCUT2D eigenvalue weighted by atomic mass is 32.1. The molecular formula is C16H20N2OS. The van der Waals surface area contributed by atoms with Crippen LogP contribution in [0.5, 0.6) is 0 Å². The van der Waals surface area contributed by atoms with E-state index in [1.165, 1.54) is 16.9 Å². The minimum absolute atomic E-state index is 0.104. The quantitative estimate of drug-likeness (QED) is 0.858. The zero-order valence-corrected chi connectivity index (χ0v) is 12.4. The number of carbonyl (C=O) groups is 1. The van der Waals surface area contributed by atoms with Gasteiger partial charge in [-0.1, -0.05) is 43.3 Å². The third kappa shape index (κ3) is 3.92. The standard InChI is InChI=1S/C16H20N2OS/c1-12(13-6-3-2-4-7-13)9-10-18-16(19)15(17)14-8-5-11-20-14/h2-8,11-12,15H,9-10,17H2,1H3,(H,18,19). The van der Waals surface area contributed by atoms with Crippen molar-refractivity contribution in [2.45, 2.75) is 25.3 Å². The molecule has 3 N–H and O–H groups in total. The number of rotatable bonds is 6. The number of amides is 1. The Morgan fingerprint density at radius 2 is 2.00 bits per heavy atom. The zero-order chi connectivity index (χ0) is 14.4. The molecule has 1 aromatic heterocycles. The maximum Gasteiger partial charge on any atom is 0.242 e. The molecule has 106 valence electrons. The summed E-state index contributed by atoms with van der Waals surface area (Å²) >= 11 is 1.51. The predicted octanol–water partition coefficient (Wildman–Crippen LogP) is 3.06. The normalized spacial score (nSPS) is 13.7. The summed E-state index contributed by atoms with van der Waals surface area (Å²) in [7, 11) is 0. The van der Waals surface area contributed by atoms with E-state index in [1.807, 2.05) is 35.7 Å². The molecule has 2 rings (SSSR count). The number of thiophene rings is 1. The first-order valence-electron chi connectivity index (χ1n) is 6.80. The first-order chi connectivity index (χ1) is 9.68. The van der Waals surface area contributed by atoms with Crippen LogP contribution in [0, 0.1) is 0 Å². The molecule has 0 spiro atoms. The Labute approximate surface area is 123 Å². The van der Waals surface area contributed by atoms with Crippen molar-refractivity contribution in [3.8, 4) is 0 Å². The summed E-state index contributed by atoms with van der Waals surface area (Å²) in [5, 5.41) is 4.84. The van der Waals surface area contributed by atoms with Crippen molar-refractivity contribution in [2.24, 2.45) is 5.73 Å². The van der Waals surface area contributed by atoms with Gasteiger partial charge in [0.15, 0.2) is 0 Å². The van der Waals surface area contributed by atoms with E-state index in [2.05, 4.69) is 24.4 Å². The fraction of sp³-hybridized carbons (Fsp3) is 0.312. The van der Waals surface area contributed by atoms with Crippen LogP contribution in [0.15, 0.2) is 47.8 Å². The van der Waals surface area contributed by atoms with Crippen LogP contribution in [0.1, 0.15) is 35.7 Å². The highest BCUT2D eigenvalue weighted by Crippen LogP contribution is 2.19. The number of carbonyl (C=O) groups excluding carboxylic acids is 1. The van der Waals surface area contributed by atoms with E-state index >= 15 is 0 Å². The number of hydrogen-bond acceptors (Lipinski definition) is 3. The lowest BCUT2D eigenvalue weighted by molar-refractivity contribution is -0.122. The van der Waals surface area contributed by atoms with Crippen LogP contribution in [0.2, 0.25) is 0 Å². The summed E-state index contributed by atoms with van der Waals surface area (Å²) in [6.45, 7) is 2.81. The number of hydrogen-bond donors (Lipinski definition) is 2. The van der Waals surface area contributed by atoms with Crippen LogP contribution in [0.4, 0.5) is 0 Å². The van der Waals surface area contributed by atoms with Gasteiger partial charge in [-0.15, -0.1) is 11.3 Å². The van der Waals surface area contributed by atoms with Gasteiger partial charge in [-0.2, -0.15) is 0 Å². The molecule has 0 bridgehead atoms. The highest BCUT2D eigenvalue weighted by Gasteiger charge is 2.16. The lowest BCUT2D eigenvalue weighted by Crippen LogP contribution is -2.34. The van der Waals surface area contributed by atoms with E-state index < -0.39 is 6.04 Å². The van der Waals surface area contributed by atoms with E-state index in [1.54, 1.807) is 0 Å². The molecule has 20 heavy (non-hydrogen) atoms. The number of benzene rings is 1. The Bertz CT molecular complexity index is 525. The molecule has 0 saturated carbocycles. The van der Waals surface area contributed by atoms with Gasteiger partial charge in [0.25, 0.3) is 0 Å². The third-order valence-corrected chi connectivity index (χ3v) is 4.33.